The number of anilines is 1. The number of hydrogen-bond acceptors (Lipinski definition) is 5. The molecule has 2 aromatic rings. The standard InChI is InChI=1S/C22H22N2O3S2/c1-15-5-9-17(10-6-15)23-20(25)4-3-13-24-21(26)19(29-22(24)28)14-16-7-11-18(27-2)12-8-16/h5-12,14H,3-4,13H2,1-2H3,(H,23,25)/b19-14-. The van der Waals surface area contributed by atoms with Crippen molar-refractivity contribution in [1.82, 2.24) is 4.90 Å². The van der Waals surface area contributed by atoms with Crippen LogP contribution in [0, 0.1) is 6.92 Å². The number of nitrogens with one attached hydrogen (secondary N) is 1. The molecule has 1 aliphatic rings. The van der Waals surface area contributed by atoms with Crippen LogP contribution in [0.1, 0.15) is 24.0 Å². The quantitative estimate of drug-likeness (QED) is 0.517. The van der Waals surface area contributed by atoms with Crippen LogP contribution in [-0.2, 0) is 9.59 Å². The fourth-order valence-corrected chi connectivity index (χ4v) is 4.11. The number of nitrogens with zero attached hydrogens (tertiary/aromatic N) is 1. The number of benzene rings is 2. The van der Waals surface area contributed by atoms with E-state index in [9.17, 15) is 9.59 Å². The number of aryl methyl sites for hydroxylation is 1. The molecule has 0 aliphatic carbocycles. The van der Waals surface area contributed by atoms with Gasteiger partial charge in [-0.25, -0.2) is 0 Å². The third kappa shape index (κ3) is 5.68. The molecule has 0 spiro atoms. The molecule has 0 unspecified atom stereocenters. The summed E-state index contributed by atoms with van der Waals surface area (Å²) in [5.74, 6) is 0.571. The van der Waals surface area contributed by atoms with Gasteiger partial charge in [0.1, 0.15) is 10.1 Å². The smallest absolute Gasteiger partial charge is 0.266 e. The fraction of sp³-hybridized carbons (Fsp3) is 0.227. The van der Waals surface area contributed by atoms with Crippen molar-refractivity contribution in [3.8, 4) is 5.75 Å². The normalized spacial score (nSPS) is 15.1. The van der Waals surface area contributed by atoms with Gasteiger partial charge in [-0.3, -0.25) is 14.5 Å². The maximum absolute atomic E-state index is 12.7. The number of ether oxygens (including phenoxy) is 1. The van der Waals surface area contributed by atoms with E-state index in [4.69, 9.17) is 17.0 Å². The van der Waals surface area contributed by atoms with Crippen LogP contribution in [0.3, 0.4) is 0 Å². The monoisotopic (exact) mass is 426 g/mol. The first-order valence-corrected chi connectivity index (χ1v) is 10.4. The molecule has 0 aromatic heterocycles. The highest BCUT2D eigenvalue weighted by Crippen LogP contribution is 2.33. The Hall–Kier alpha value is -2.64. The zero-order valence-electron chi connectivity index (χ0n) is 16.3. The minimum absolute atomic E-state index is 0.0759. The Balaban J connectivity index is 1.52. The lowest BCUT2D eigenvalue weighted by Gasteiger charge is -2.14. The van der Waals surface area contributed by atoms with Crippen LogP contribution in [-0.4, -0.2) is 34.7 Å². The number of thiocarbonyl (C=S) groups is 1. The van der Waals surface area contributed by atoms with Gasteiger partial charge in [-0.05, 0) is 49.2 Å². The summed E-state index contributed by atoms with van der Waals surface area (Å²) < 4.78 is 5.67. The van der Waals surface area contributed by atoms with Gasteiger partial charge < -0.3 is 10.1 Å². The molecule has 5 nitrogen and oxygen atoms in total. The highest BCUT2D eigenvalue weighted by Gasteiger charge is 2.31. The molecule has 2 aromatic carbocycles. The largest absolute Gasteiger partial charge is 0.497 e. The Bertz CT molecular complexity index is 938. The summed E-state index contributed by atoms with van der Waals surface area (Å²) in [6, 6.07) is 15.1. The molecule has 29 heavy (non-hydrogen) atoms. The lowest BCUT2D eigenvalue weighted by atomic mass is 10.2. The van der Waals surface area contributed by atoms with Crippen molar-refractivity contribution >= 4 is 51.9 Å². The molecule has 0 radical (unpaired) electrons. The van der Waals surface area contributed by atoms with Crippen LogP contribution in [0.25, 0.3) is 6.08 Å². The van der Waals surface area contributed by atoms with E-state index in [-0.39, 0.29) is 11.8 Å². The highest BCUT2D eigenvalue weighted by molar-refractivity contribution is 8.26. The van der Waals surface area contributed by atoms with Gasteiger partial charge in [0.05, 0.1) is 12.0 Å². The molecule has 0 atom stereocenters. The molecular formula is C22H22N2O3S2. The molecule has 1 fully saturated rings. The molecule has 3 rings (SSSR count). The molecule has 1 aliphatic heterocycles. The van der Waals surface area contributed by atoms with Crippen LogP contribution in [0.5, 0.6) is 5.75 Å². The molecule has 150 valence electrons. The van der Waals surface area contributed by atoms with Gasteiger partial charge in [-0.1, -0.05) is 53.8 Å². The second kappa shape index (κ2) is 9.71. The average molecular weight is 427 g/mol. The van der Waals surface area contributed by atoms with E-state index < -0.39 is 0 Å². The minimum atomic E-state index is -0.116. The van der Waals surface area contributed by atoms with Crippen molar-refractivity contribution in [3.05, 3.63) is 64.6 Å². The van der Waals surface area contributed by atoms with Crippen LogP contribution >= 0.6 is 24.0 Å². The van der Waals surface area contributed by atoms with Crippen molar-refractivity contribution in [2.75, 3.05) is 19.0 Å². The van der Waals surface area contributed by atoms with E-state index in [1.165, 1.54) is 11.8 Å². The predicted octanol–water partition coefficient (Wildman–Crippen LogP) is 4.62. The summed E-state index contributed by atoms with van der Waals surface area (Å²) in [6.07, 6.45) is 2.69. The molecule has 7 heteroatoms. The summed E-state index contributed by atoms with van der Waals surface area (Å²) in [6.45, 7) is 2.42. The van der Waals surface area contributed by atoms with Gasteiger partial charge in [0, 0.05) is 18.7 Å². The van der Waals surface area contributed by atoms with Crippen molar-refractivity contribution in [1.29, 1.82) is 0 Å². The third-order valence-corrected chi connectivity index (χ3v) is 5.79. The van der Waals surface area contributed by atoms with Gasteiger partial charge in [-0.15, -0.1) is 0 Å². The lowest BCUT2D eigenvalue weighted by molar-refractivity contribution is -0.122. The first-order valence-electron chi connectivity index (χ1n) is 9.22. The minimum Gasteiger partial charge on any atom is -0.497 e. The summed E-state index contributed by atoms with van der Waals surface area (Å²) in [7, 11) is 1.61. The van der Waals surface area contributed by atoms with E-state index in [0.717, 1.165) is 22.6 Å². The van der Waals surface area contributed by atoms with E-state index in [1.807, 2.05) is 61.5 Å². The molecule has 1 saturated heterocycles. The van der Waals surface area contributed by atoms with Crippen molar-refractivity contribution in [2.45, 2.75) is 19.8 Å². The molecule has 0 bridgehead atoms. The van der Waals surface area contributed by atoms with Crippen LogP contribution in [0.2, 0.25) is 0 Å². The molecule has 2 amide bonds. The number of amides is 2. The maximum atomic E-state index is 12.7. The predicted molar refractivity (Wildman–Crippen MR) is 122 cm³/mol. The second-order valence-electron chi connectivity index (χ2n) is 6.62. The lowest BCUT2D eigenvalue weighted by Crippen LogP contribution is -2.29. The Kier molecular flexibility index (Phi) is 7.06. The topological polar surface area (TPSA) is 58.6 Å². The average Bonchev–Trinajstić information content (AvgIpc) is 2.97. The van der Waals surface area contributed by atoms with E-state index in [2.05, 4.69) is 5.32 Å². The highest BCUT2D eigenvalue weighted by atomic mass is 32.2. The fourth-order valence-electron chi connectivity index (χ4n) is 2.80. The summed E-state index contributed by atoms with van der Waals surface area (Å²) in [5, 5.41) is 2.87. The number of thioether (sulfide) groups is 1. The first kappa shape index (κ1) is 21.1. The summed E-state index contributed by atoms with van der Waals surface area (Å²) in [4.78, 5) is 26.9. The number of methoxy groups -OCH3 is 1. The third-order valence-electron chi connectivity index (χ3n) is 4.41. The molecule has 1 N–H and O–H groups in total. The molecular weight excluding hydrogens is 404 g/mol. The SMILES string of the molecule is COc1ccc(/C=C2\SC(=S)N(CCCC(=O)Nc3ccc(C)cc3)C2=O)cc1. The summed E-state index contributed by atoms with van der Waals surface area (Å²) in [5.41, 5.74) is 2.82. The second-order valence-corrected chi connectivity index (χ2v) is 8.30. The molecule has 0 saturated carbocycles. The van der Waals surface area contributed by atoms with Gasteiger partial charge in [0.25, 0.3) is 5.91 Å². The Morgan fingerprint density at radius 1 is 1.17 bits per heavy atom. The van der Waals surface area contributed by atoms with Gasteiger partial charge >= 0.3 is 0 Å². The van der Waals surface area contributed by atoms with E-state index >= 15 is 0 Å². The van der Waals surface area contributed by atoms with E-state index in [1.54, 1.807) is 12.0 Å². The van der Waals surface area contributed by atoms with Crippen LogP contribution in [0.4, 0.5) is 5.69 Å². The first-order chi connectivity index (χ1) is 14.0. The van der Waals surface area contributed by atoms with Crippen molar-refractivity contribution < 1.29 is 14.3 Å². The number of rotatable bonds is 7. The summed E-state index contributed by atoms with van der Waals surface area (Å²) >= 11 is 6.64. The Labute approximate surface area is 180 Å². The van der Waals surface area contributed by atoms with E-state index in [0.29, 0.717) is 28.6 Å². The Morgan fingerprint density at radius 3 is 2.52 bits per heavy atom. The zero-order valence-corrected chi connectivity index (χ0v) is 17.9. The molecule has 1 heterocycles. The number of carbonyl (C=O) groups is 2. The Morgan fingerprint density at radius 2 is 1.86 bits per heavy atom. The van der Waals surface area contributed by atoms with Gasteiger partial charge in [0.2, 0.25) is 5.91 Å². The number of hydrogen-bond donors (Lipinski definition) is 1. The van der Waals surface area contributed by atoms with Crippen LogP contribution in [0.15, 0.2) is 53.4 Å². The zero-order chi connectivity index (χ0) is 20.8. The van der Waals surface area contributed by atoms with Crippen molar-refractivity contribution in [3.63, 3.8) is 0 Å². The number of carbonyl (C=O) groups excluding carboxylic acids is 2. The van der Waals surface area contributed by atoms with Crippen molar-refractivity contribution in [2.24, 2.45) is 0 Å². The van der Waals surface area contributed by atoms with Gasteiger partial charge in [0.15, 0.2) is 0 Å². The maximum Gasteiger partial charge on any atom is 0.266 e. The van der Waals surface area contributed by atoms with Crippen LogP contribution < -0.4 is 10.1 Å². The van der Waals surface area contributed by atoms with Gasteiger partial charge in [-0.2, -0.15) is 0 Å².